The molecule has 0 saturated heterocycles. The molecule has 0 aliphatic heterocycles. The van der Waals surface area contributed by atoms with E-state index in [0.29, 0.717) is 24.0 Å². The molecular formula is C16H20O2. The molecule has 2 heteroatoms. The van der Waals surface area contributed by atoms with E-state index < -0.39 is 0 Å². The van der Waals surface area contributed by atoms with Gasteiger partial charge in [-0.2, -0.15) is 0 Å². The van der Waals surface area contributed by atoms with E-state index in [0.717, 1.165) is 11.3 Å². The maximum Gasteiger partial charge on any atom is 0.123 e. The van der Waals surface area contributed by atoms with Gasteiger partial charge in [-0.15, -0.1) is 6.58 Å². The van der Waals surface area contributed by atoms with Gasteiger partial charge in [-0.3, -0.25) is 0 Å². The van der Waals surface area contributed by atoms with Gasteiger partial charge < -0.3 is 9.84 Å². The molecule has 3 aliphatic carbocycles. The van der Waals surface area contributed by atoms with E-state index in [2.05, 4.69) is 6.58 Å². The van der Waals surface area contributed by atoms with Crippen LogP contribution in [-0.4, -0.2) is 12.2 Å². The lowest BCUT2D eigenvalue weighted by Gasteiger charge is -2.39. The van der Waals surface area contributed by atoms with Crippen molar-refractivity contribution in [2.24, 2.45) is 0 Å². The largest absolute Gasteiger partial charge is 0.507 e. The smallest absolute Gasteiger partial charge is 0.123 e. The number of hydrogen-bond acceptors (Lipinski definition) is 2. The molecule has 1 saturated carbocycles. The molecule has 0 radical (unpaired) electrons. The van der Waals surface area contributed by atoms with Crippen molar-refractivity contribution in [1.82, 2.24) is 0 Å². The summed E-state index contributed by atoms with van der Waals surface area (Å²) in [5.41, 5.74) is 3.41. The van der Waals surface area contributed by atoms with Gasteiger partial charge in [0.1, 0.15) is 11.5 Å². The number of benzene rings is 1. The first-order valence-electron chi connectivity index (χ1n) is 6.79. The summed E-state index contributed by atoms with van der Waals surface area (Å²) in [4.78, 5) is 0. The predicted octanol–water partition coefficient (Wildman–Crippen LogP) is 3.88. The zero-order valence-electron chi connectivity index (χ0n) is 10.9. The molecule has 1 N–H and O–H groups in total. The summed E-state index contributed by atoms with van der Waals surface area (Å²) >= 11 is 0. The predicted molar refractivity (Wildman–Crippen MR) is 72.5 cm³/mol. The number of methoxy groups -OCH3 is 1. The van der Waals surface area contributed by atoms with E-state index in [1.807, 2.05) is 12.1 Å². The minimum absolute atomic E-state index is 0.500. The van der Waals surface area contributed by atoms with Crippen molar-refractivity contribution in [3.05, 3.63) is 35.4 Å². The maximum atomic E-state index is 10.5. The van der Waals surface area contributed by atoms with Crippen LogP contribution < -0.4 is 4.74 Å². The highest BCUT2D eigenvalue weighted by molar-refractivity contribution is 5.58. The van der Waals surface area contributed by atoms with Crippen molar-refractivity contribution >= 4 is 0 Å². The Hall–Kier alpha value is -1.44. The molecule has 3 aliphatic rings. The molecule has 1 aromatic carbocycles. The van der Waals surface area contributed by atoms with Crippen LogP contribution in [0.3, 0.4) is 0 Å². The third-order valence-electron chi connectivity index (χ3n) is 4.55. The number of hydrogen-bond donors (Lipinski definition) is 1. The molecule has 4 rings (SSSR count). The van der Waals surface area contributed by atoms with Crippen LogP contribution in [0.1, 0.15) is 54.2 Å². The number of rotatable bonds is 3. The SMILES string of the molecule is C=CCc1cc(OC)c2c(c1O)C1CCC2CC1. The standard InChI is InChI=1S/C16H20O2/c1-3-4-12-9-13(18-2)14-10-5-7-11(8-6-10)15(14)16(12)17/h3,9-11,17H,1,4-8H2,2H3. The number of phenols is 1. The average Bonchev–Trinajstić information content (AvgIpc) is 2.43. The number of ether oxygens (including phenoxy) is 1. The Morgan fingerprint density at radius 3 is 2.44 bits per heavy atom. The van der Waals surface area contributed by atoms with E-state index >= 15 is 0 Å². The fraction of sp³-hybridized carbons (Fsp3) is 0.500. The molecule has 0 unspecified atom stereocenters. The lowest BCUT2D eigenvalue weighted by Crippen LogP contribution is -2.23. The Kier molecular flexibility index (Phi) is 2.81. The fourth-order valence-corrected chi connectivity index (χ4v) is 3.72. The van der Waals surface area contributed by atoms with Gasteiger partial charge in [-0.05, 0) is 50.0 Å². The Morgan fingerprint density at radius 1 is 1.28 bits per heavy atom. The number of phenolic OH excluding ortho intramolecular Hbond substituents is 1. The monoisotopic (exact) mass is 244 g/mol. The number of fused-ring (bicyclic) bond motifs is 2. The van der Waals surface area contributed by atoms with E-state index in [1.165, 1.54) is 36.8 Å². The van der Waals surface area contributed by atoms with Crippen molar-refractivity contribution in [3.8, 4) is 11.5 Å². The lowest BCUT2D eigenvalue weighted by atomic mass is 9.66. The second-order valence-electron chi connectivity index (χ2n) is 5.46. The molecule has 0 amide bonds. The zero-order chi connectivity index (χ0) is 12.7. The minimum Gasteiger partial charge on any atom is -0.507 e. The lowest BCUT2D eigenvalue weighted by molar-refractivity contribution is 0.322. The molecule has 0 atom stereocenters. The second kappa shape index (κ2) is 4.34. The Bertz CT molecular complexity index is 482. The summed E-state index contributed by atoms with van der Waals surface area (Å²) in [6.45, 7) is 3.76. The van der Waals surface area contributed by atoms with Gasteiger partial charge in [0.25, 0.3) is 0 Å². The first-order chi connectivity index (χ1) is 8.76. The zero-order valence-corrected chi connectivity index (χ0v) is 10.9. The van der Waals surface area contributed by atoms with Crippen molar-refractivity contribution in [1.29, 1.82) is 0 Å². The normalized spacial score (nSPS) is 24.7. The summed E-state index contributed by atoms with van der Waals surface area (Å²) in [6, 6.07) is 2.00. The highest BCUT2D eigenvalue weighted by atomic mass is 16.5. The van der Waals surface area contributed by atoms with E-state index in [1.54, 1.807) is 7.11 Å². The molecule has 0 aromatic heterocycles. The average molecular weight is 244 g/mol. The molecule has 18 heavy (non-hydrogen) atoms. The van der Waals surface area contributed by atoms with Crippen molar-refractivity contribution in [2.45, 2.75) is 43.9 Å². The molecule has 0 spiro atoms. The maximum absolute atomic E-state index is 10.5. The molecule has 1 aromatic rings. The summed E-state index contributed by atoms with van der Waals surface area (Å²) in [6.07, 6.45) is 7.45. The Labute approximate surface area is 108 Å². The summed E-state index contributed by atoms with van der Waals surface area (Å²) in [7, 11) is 1.73. The van der Waals surface area contributed by atoms with Crippen LogP contribution in [0.5, 0.6) is 11.5 Å². The van der Waals surface area contributed by atoms with Crippen molar-refractivity contribution < 1.29 is 9.84 Å². The quantitative estimate of drug-likeness (QED) is 0.817. The summed E-state index contributed by atoms with van der Waals surface area (Å²) in [5, 5.41) is 10.5. The highest BCUT2D eigenvalue weighted by Gasteiger charge is 2.37. The van der Waals surface area contributed by atoms with E-state index in [9.17, 15) is 5.11 Å². The van der Waals surface area contributed by atoms with Crippen molar-refractivity contribution in [3.63, 3.8) is 0 Å². The van der Waals surface area contributed by atoms with Gasteiger partial charge in [0.2, 0.25) is 0 Å². The first-order valence-corrected chi connectivity index (χ1v) is 6.79. The Morgan fingerprint density at radius 2 is 1.89 bits per heavy atom. The van der Waals surface area contributed by atoms with Crippen LogP contribution >= 0.6 is 0 Å². The van der Waals surface area contributed by atoms with Crippen LogP contribution in [0.2, 0.25) is 0 Å². The van der Waals surface area contributed by atoms with Crippen LogP contribution in [0.25, 0.3) is 0 Å². The topological polar surface area (TPSA) is 29.5 Å². The summed E-state index contributed by atoms with van der Waals surface area (Å²) in [5.74, 6) is 2.58. The fourth-order valence-electron chi connectivity index (χ4n) is 3.72. The molecule has 1 fully saturated rings. The molecule has 2 bridgehead atoms. The molecular weight excluding hydrogens is 224 g/mol. The van der Waals surface area contributed by atoms with Gasteiger partial charge in [-0.25, -0.2) is 0 Å². The molecule has 96 valence electrons. The first kappa shape index (κ1) is 11.6. The van der Waals surface area contributed by atoms with Gasteiger partial charge in [0, 0.05) is 16.7 Å². The number of aromatic hydroxyl groups is 1. The van der Waals surface area contributed by atoms with Crippen LogP contribution in [0.15, 0.2) is 18.7 Å². The third kappa shape index (κ3) is 1.55. The van der Waals surface area contributed by atoms with Crippen molar-refractivity contribution in [2.75, 3.05) is 7.11 Å². The van der Waals surface area contributed by atoms with Gasteiger partial charge >= 0.3 is 0 Å². The van der Waals surface area contributed by atoms with Crippen LogP contribution in [0, 0.1) is 0 Å². The van der Waals surface area contributed by atoms with Crippen LogP contribution in [0.4, 0.5) is 0 Å². The number of allylic oxidation sites excluding steroid dienone is 1. The molecule has 2 nitrogen and oxygen atoms in total. The minimum atomic E-state index is 0.500. The third-order valence-corrected chi connectivity index (χ3v) is 4.55. The highest BCUT2D eigenvalue weighted by Crippen LogP contribution is 2.55. The van der Waals surface area contributed by atoms with E-state index in [4.69, 9.17) is 4.74 Å². The second-order valence-corrected chi connectivity index (χ2v) is 5.46. The van der Waals surface area contributed by atoms with Gasteiger partial charge in [-0.1, -0.05) is 6.08 Å². The Balaban J connectivity index is 2.21. The van der Waals surface area contributed by atoms with Gasteiger partial charge in [0.05, 0.1) is 7.11 Å². The van der Waals surface area contributed by atoms with Crippen LogP contribution in [-0.2, 0) is 6.42 Å². The molecule has 0 heterocycles. The van der Waals surface area contributed by atoms with E-state index in [-0.39, 0.29) is 0 Å². The van der Waals surface area contributed by atoms with Gasteiger partial charge in [0.15, 0.2) is 0 Å². The summed E-state index contributed by atoms with van der Waals surface area (Å²) < 4.78 is 5.56.